The fourth-order valence-electron chi connectivity index (χ4n) is 11.9. The lowest BCUT2D eigenvalue weighted by atomic mass is 10.0. The van der Waals surface area contributed by atoms with Crippen LogP contribution in [0.15, 0.2) is 60.8 Å². The third-order valence-electron chi connectivity index (χ3n) is 17.6. The molecule has 498 valence electrons. The number of carbonyl (C=O) groups excluding carboxylic acids is 2. The van der Waals surface area contributed by atoms with Crippen LogP contribution in [-0.2, 0) is 19.1 Å². The Labute approximate surface area is 531 Å². The number of aliphatic hydroxyl groups excluding tert-OH is 1. The van der Waals surface area contributed by atoms with Gasteiger partial charge in [0.25, 0.3) is 0 Å². The van der Waals surface area contributed by atoms with Crippen molar-refractivity contribution >= 4 is 11.9 Å². The Hall–Kier alpha value is -2.40. The molecule has 1 atom stereocenters. The first-order chi connectivity index (χ1) is 42.1. The summed E-state index contributed by atoms with van der Waals surface area (Å²) in [5, 5.41) is 9.72. The number of esters is 2. The molecule has 1 N–H and O–H groups in total. The van der Waals surface area contributed by atoms with Crippen molar-refractivity contribution in [2.75, 3.05) is 13.2 Å². The number of unbranched alkanes of at least 4 members (excludes halogenated alkanes) is 54. The fraction of sp³-hybridized carbons (Fsp3) is 0.850. The second kappa shape index (κ2) is 75.8. The van der Waals surface area contributed by atoms with Crippen molar-refractivity contribution in [3.63, 3.8) is 0 Å². The van der Waals surface area contributed by atoms with E-state index in [0.717, 1.165) is 64.2 Å². The van der Waals surface area contributed by atoms with Gasteiger partial charge in [0.15, 0.2) is 6.10 Å². The molecule has 0 aliphatic carbocycles. The summed E-state index contributed by atoms with van der Waals surface area (Å²) in [5.41, 5.74) is 0. The second-order valence-corrected chi connectivity index (χ2v) is 26.1. The molecule has 0 aromatic rings. The van der Waals surface area contributed by atoms with Crippen LogP contribution in [0, 0.1) is 0 Å². The van der Waals surface area contributed by atoms with E-state index < -0.39 is 6.10 Å². The van der Waals surface area contributed by atoms with Gasteiger partial charge in [-0.25, -0.2) is 0 Å². The van der Waals surface area contributed by atoms with Crippen LogP contribution in [0.2, 0.25) is 0 Å². The number of hydrogen-bond acceptors (Lipinski definition) is 5. The number of ether oxygens (including phenoxy) is 2. The lowest BCUT2D eigenvalue weighted by Gasteiger charge is -2.15. The van der Waals surface area contributed by atoms with Crippen molar-refractivity contribution < 1.29 is 24.2 Å². The Morgan fingerprint density at radius 1 is 0.282 bits per heavy atom. The lowest BCUT2D eigenvalue weighted by Crippen LogP contribution is -2.28. The highest BCUT2D eigenvalue weighted by Crippen LogP contribution is 2.20. The maximum Gasteiger partial charge on any atom is 0.306 e. The van der Waals surface area contributed by atoms with E-state index in [1.807, 2.05) is 0 Å². The van der Waals surface area contributed by atoms with Gasteiger partial charge in [-0.15, -0.1) is 0 Å². The van der Waals surface area contributed by atoms with Crippen molar-refractivity contribution in [2.45, 2.75) is 424 Å². The van der Waals surface area contributed by atoms with Crippen molar-refractivity contribution in [1.82, 2.24) is 0 Å². The summed E-state index contributed by atoms with van der Waals surface area (Å²) in [6.45, 7) is 4.09. The smallest absolute Gasteiger partial charge is 0.306 e. The van der Waals surface area contributed by atoms with Crippen molar-refractivity contribution in [1.29, 1.82) is 0 Å². The van der Waals surface area contributed by atoms with E-state index >= 15 is 0 Å². The number of allylic oxidation sites excluding steroid dienone is 10. The van der Waals surface area contributed by atoms with E-state index in [1.54, 1.807) is 0 Å². The minimum Gasteiger partial charge on any atom is -0.462 e. The molecule has 0 fully saturated rings. The molecule has 0 bridgehead atoms. The van der Waals surface area contributed by atoms with Gasteiger partial charge in [-0.2, -0.15) is 0 Å². The second-order valence-electron chi connectivity index (χ2n) is 26.1. The third kappa shape index (κ3) is 74.0. The summed E-state index contributed by atoms with van der Waals surface area (Å²) in [6, 6.07) is 0. The van der Waals surface area contributed by atoms with Crippen molar-refractivity contribution in [3.8, 4) is 0 Å². The molecule has 0 heterocycles. The maximum absolute atomic E-state index is 12.4. The minimum absolute atomic E-state index is 0.0601. The highest BCUT2D eigenvalue weighted by atomic mass is 16.6. The van der Waals surface area contributed by atoms with Crippen molar-refractivity contribution in [3.05, 3.63) is 60.8 Å². The van der Waals surface area contributed by atoms with Gasteiger partial charge in [-0.3, -0.25) is 9.59 Å². The van der Waals surface area contributed by atoms with Crippen LogP contribution in [0.1, 0.15) is 418 Å². The molecule has 0 rings (SSSR count). The SMILES string of the molecule is CC/C=C\C/C=C\C/C=C\C/C=C\C/C=C\CCCCCCCCCCCCCCCCCCCCCC(=O)OC(CO)COC(=O)CCCCCCCCCCCCCCCCCCCCCCCCCCCCCCCCCCCCCC. The molecule has 0 aliphatic heterocycles. The Morgan fingerprint density at radius 3 is 0.765 bits per heavy atom. The number of rotatable bonds is 72. The van der Waals surface area contributed by atoms with Gasteiger partial charge >= 0.3 is 11.9 Å². The Kier molecular flexibility index (Phi) is 73.7. The predicted octanol–water partition coefficient (Wildman–Crippen LogP) is 26.8. The molecule has 5 nitrogen and oxygen atoms in total. The molecule has 85 heavy (non-hydrogen) atoms. The average molecular weight is 1190 g/mol. The first kappa shape index (κ1) is 82.6. The summed E-state index contributed by atoms with van der Waals surface area (Å²) in [7, 11) is 0. The summed E-state index contributed by atoms with van der Waals surface area (Å²) >= 11 is 0. The van der Waals surface area contributed by atoms with E-state index in [2.05, 4.69) is 74.6 Å². The van der Waals surface area contributed by atoms with Crippen LogP contribution in [-0.4, -0.2) is 36.4 Å². The molecule has 0 spiro atoms. The monoisotopic (exact) mass is 1190 g/mol. The standard InChI is InChI=1S/C80H148O5/c1-3-5-7-9-11-13-15-17-19-21-23-25-27-29-31-33-35-37-39-41-42-44-46-48-50-52-54-56-58-60-62-64-66-68-70-72-74-79(82)84-77-78(76-81)85-80(83)75-73-71-69-67-65-63-61-59-57-55-53-51-49-47-45-43-40-38-36-34-32-30-28-26-24-22-20-18-16-14-12-10-8-6-4-2/h6,8,12,14,18,20,24,26,30,32,78,81H,3-5,7,9-11,13,15-17,19,21-23,25,27-29,31,33-77H2,1-2H3/b8-6-,14-12-,20-18-,26-24-,32-30-. The predicted molar refractivity (Wildman–Crippen MR) is 376 cm³/mol. The molecule has 0 aliphatic rings. The zero-order chi connectivity index (χ0) is 61.2. The van der Waals surface area contributed by atoms with Gasteiger partial charge in [-0.1, -0.05) is 408 Å². The van der Waals surface area contributed by atoms with Crippen LogP contribution in [0.3, 0.4) is 0 Å². The normalized spacial score (nSPS) is 12.5. The van der Waals surface area contributed by atoms with Crippen LogP contribution >= 0.6 is 0 Å². The summed E-state index contributed by atoms with van der Waals surface area (Å²) in [6.07, 6.45) is 104. The largest absolute Gasteiger partial charge is 0.462 e. The van der Waals surface area contributed by atoms with E-state index in [9.17, 15) is 14.7 Å². The van der Waals surface area contributed by atoms with Gasteiger partial charge in [0.05, 0.1) is 6.61 Å². The summed E-state index contributed by atoms with van der Waals surface area (Å²) in [4.78, 5) is 24.7. The van der Waals surface area contributed by atoms with E-state index in [0.29, 0.717) is 12.8 Å². The zero-order valence-electron chi connectivity index (χ0n) is 57.4. The average Bonchev–Trinajstić information content (AvgIpc) is 3.52. The summed E-state index contributed by atoms with van der Waals surface area (Å²) in [5.74, 6) is -0.566. The maximum atomic E-state index is 12.4. The number of hydrogen-bond donors (Lipinski definition) is 1. The Balaban J connectivity index is 3.38. The molecule has 0 aromatic heterocycles. The van der Waals surface area contributed by atoms with Gasteiger partial charge in [-0.05, 0) is 57.8 Å². The molecule has 0 aromatic carbocycles. The van der Waals surface area contributed by atoms with E-state index in [-0.39, 0.29) is 25.2 Å². The van der Waals surface area contributed by atoms with Crippen LogP contribution in [0.5, 0.6) is 0 Å². The molecule has 5 heteroatoms. The summed E-state index contributed by atoms with van der Waals surface area (Å²) < 4.78 is 10.8. The highest BCUT2D eigenvalue weighted by Gasteiger charge is 2.16. The zero-order valence-corrected chi connectivity index (χ0v) is 57.4. The first-order valence-corrected chi connectivity index (χ1v) is 38.3. The van der Waals surface area contributed by atoms with Crippen LogP contribution in [0.25, 0.3) is 0 Å². The van der Waals surface area contributed by atoms with Gasteiger partial charge in [0.1, 0.15) is 6.61 Å². The van der Waals surface area contributed by atoms with Gasteiger partial charge < -0.3 is 14.6 Å². The third-order valence-corrected chi connectivity index (χ3v) is 17.6. The topological polar surface area (TPSA) is 72.8 Å². The quantitative estimate of drug-likeness (QED) is 0.0373. The van der Waals surface area contributed by atoms with Crippen LogP contribution in [0.4, 0.5) is 0 Å². The molecule has 0 saturated heterocycles. The molecule has 0 amide bonds. The molecular formula is C80H148O5. The van der Waals surface area contributed by atoms with Gasteiger partial charge in [0.2, 0.25) is 0 Å². The molecule has 0 radical (unpaired) electrons. The fourth-order valence-corrected chi connectivity index (χ4v) is 11.9. The van der Waals surface area contributed by atoms with Crippen molar-refractivity contribution in [2.24, 2.45) is 0 Å². The first-order valence-electron chi connectivity index (χ1n) is 38.3. The van der Waals surface area contributed by atoms with Crippen LogP contribution < -0.4 is 0 Å². The lowest BCUT2D eigenvalue weighted by molar-refractivity contribution is -0.161. The number of aliphatic hydroxyl groups is 1. The van der Waals surface area contributed by atoms with E-state index in [1.165, 1.54) is 327 Å². The molecule has 1 unspecified atom stereocenters. The Bertz CT molecular complexity index is 1440. The minimum atomic E-state index is -0.772. The van der Waals surface area contributed by atoms with E-state index in [4.69, 9.17) is 9.47 Å². The molecular weight excluding hydrogens is 1040 g/mol. The molecule has 0 saturated carbocycles. The highest BCUT2D eigenvalue weighted by molar-refractivity contribution is 5.70. The Morgan fingerprint density at radius 2 is 0.506 bits per heavy atom. The number of carbonyl (C=O) groups is 2. The van der Waals surface area contributed by atoms with Gasteiger partial charge in [0, 0.05) is 12.8 Å².